The van der Waals surface area contributed by atoms with Gasteiger partial charge in [-0.05, 0) is 18.2 Å². The van der Waals surface area contributed by atoms with E-state index in [2.05, 4.69) is 16.3 Å². The first-order chi connectivity index (χ1) is 12.9. The summed E-state index contributed by atoms with van der Waals surface area (Å²) in [7, 11) is 0. The Kier molecular flexibility index (Phi) is 8.03. The van der Waals surface area contributed by atoms with Crippen molar-refractivity contribution in [3.63, 3.8) is 0 Å². The van der Waals surface area contributed by atoms with Crippen molar-refractivity contribution in [2.24, 2.45) is 0 Å². The van der Waals surface area contributed by atoms with Crippen LogP contribution in [0.2, 0.25) is 0 Å². The second kappa shape index (κ2) is 10.3. The molecule has 1 aliphatic rings. The zero-order chi connectivity index (χ0) is 19.7. The van der Waals surface area contributed by atoms with Gasteiger partial charge in [0.1, 0.15) is 0 Å². The van der Waals surface area contributed by atoms with Crippen molar-refractivity contribution >= 4 is 11.6 Å². The molecule has 0 bridgehead atoms. The van der Waals surface area contributed by atoms with Crippen LogP contribution in [0.25, 0.3) is 0 Å². The smallest absolute Gasteiger partial charge is 0.379 e. The van der Waals surface area contributed by atoms with Crippen LogP contribution in [0.4, 0.5) is 18.9 Å². The van der Waals surface area contributed by atoms with Gasteiger partial charge in [-0.25, -0.2) is 0 Å². The number of amides is 1. The average molecular weight is 384 g/mol. The van der Waals surface area contributed by atoms with Crippen LogP contribution in [-0.2, 0) is 15.7 Å². The standard InChI is InChI=1S/C18H23F3N4O2/c19-18(20,21)15-3-1-4-16(13-15)23-17(26)14-25(6-2-5-22)8-7-24-9-11-27-12-10-24/h1,3-4,13H,2,6-12,14H2,(H,23,26). The minimum atomic E-state index is -4.46. The minimum absolute atomic E-state index is 0.0161. The van der Waals surface area contributed by atoms with Crippen LogP contribution in [0.3, 0.4) is 0 Å². The third-order valence-corrected chi connectivity index (χ3v) is 4.22. The molecule has 6 nitrogen and oxygen atoms in total. The fraction of sp³-hybridized carbons (Fsp3) is 0.556. The van der Waals surface area contributed by atoms with Gasteiger partial charge < -0.3 is 10.1 Å². The number of carbonyl (C=O) groups is 1. The van der Waals surface area contributed by atoms with E-state index in [0.717, 1.165) is 31.8 Å². The van der Waals surface area contributed by atoms with Crippen molar-refractivity contribution < 1.29 is 22.7 Å². The van der Waals surface area contributed by atoms with E-state index >= 15 is 0 Å². The summed E-state index contributed by atoms with van der Waals surface area (Å²) < 4.78 is 43.6. The molecule has 1 aromatic rings. The molecular formula is C18H23F3N4O2. The molecule has 148 valence electrons. The predicted octanol–water partition coefficient (Wildman–Crippen LogP) is 2.19. The SMILES string of the molecule is N#CCCN(CCN1CCOCC1)CC(=O)Nc1cccc(C(F)(F)F)c1. The summed E-state index contributed by atoms with van der Waals surface area (Å²) in [6.45, 7) is 4.77. The number of alkyl halides is 3. The number of nitrogens with zero attached hydrogens (tertiary/aromatic N) is 3. The molecule has 2 rings (SSSR count). The summed E-state index contributed by atoms with van der Waals surface area (Å²) in [5.41, 5.74) is -0.711. The highest BCUT2D eigenvalue weighted by Gasteiger charge is 2.30. The Labute approximate surface area is 156 Å². The van der Waals surface area contributed by atoms with Crippen LogP contribution in [0.15, 0.2) is 24.3 Å². The Hall–Kier alpha value is -2.15. The number of nitriles is 1. The number of carbonyl (C=O) groups excluding carboxylic acids is 1. The summed E-state index contributed by atoms with van der Waals surface area (Å²) in [6, 6.07) is 6.59. The predicted molar refractivity (Wildman–Crippen MR) is 94.0 cm³/mol. The number of halogens is 3. The lowest BCUT2D eigenvalue weighted by atomic mass is 10.2. The van der Waals surface area contributed by atoms with Crippen molar-refractivity contribution in [2.75, 3.05) is 57.8 Å². The van der Waals surface area contributed by atoms with Gasteiger partial charge in [0.15, 0.2) is 0 Å². The third kappa shape index (κ3) is 7.54. The van der Waals surface area contributed by atoms with Crippen molar-refractivity contribution in [3.05, 3.63) is 29.8 Å². The molecule has 1 aromatic carbocycles. The van der Waals surface area contributed by atoms with E-state index in [-0.39, 0.29) is 18.7 Å². The Morgan fingerprint density at radius 2 is 2.04 bits per heavy atom. The molecule has 9 heteroatoms. The number of hydrogen-bond donors (Lipinski definition) is 1. The number of nitrogens with one attached hydrogen (secondary N) is 1. The first-order valence-corrected chi connectivity index (χ1v) is 8.75. The summed E-state index contributed by atoms with van der Waals surface area (Å²) in [4.78, 5) is 16.3. The molecule has 0 spiro atoms. The average Bonchev–Trinajstić information content (AvgIpc) is 2.64. The van der Waals surface area contributed by atoms with Crippen LogP contribution in [0.1, 0.15) is 12.0 Å². The Morgan fingerprint density at radius 3 is 2.70 bits per heavy atom. The fourth-order valence-corrected chi connectivity index (χ4v) is 2.76. The van der Waals surface area contributed by atoms with Crippen LogP contribution in [0.5, 0.6) is 0 Å². The highest BCUT2D eigenvalue weighted by atomic mass is 19.4. The van der Waals surface area contributed by atoms with E-state index < -0.39 is 17.6 Å². The van der Waals surface area contributed by atoms with Gasteiger partial charge in [0.25, 0.3) is 0 Å². The molecule has 0 aromatic heterocycles. The lowest BCUT2D eigenvalue weighted by Gasteiger charge is -2.29. The van der Waals surface area contributed by atoms with Crippen molar-refractivity contribution in [3.8, 4) is 6.07 Å². The second-order valence-corrected chi connectivity index (χ2v) is 6.27. The van der Waals surface area contributed by atoms with E-state index in [1.807, 2.05) is 4.90 Å². The van der Waals surface area contributed by atoms with Gasteiger partial charge in [-0.1, -0.05) is 6.07 Å². The molecule has 1 saturated heterocycles. The number of rotatable bonds is 8. The Morgan fingerprint density at radius 1 is 1.30 bits per heavy atom. The molecule has 0 atom stereocenters. The Bertz CT molecular complexity index is 655. The normalized spacial score (nSPS) is 15.5. The van der Waals surface area contributed by atoms with Crippen LogP contribution >= 0.6 is 0 Å². The molecule has 0 unspecified atom stereocenters. The number of anilines is 1. The second-order valence-electron chi connectivity index (χ2n) is 6.27. The first kappa shape index (κ1) is 21.2. The van der Waals surface area contributed by atoms with Crippen molar-refractivity contribution in [1.82, 2.24) is 9.80 Å². The lowest BCUT2D eigenvalue weighted by molar-refractivity contribution is -0.137. The van der Waals surface area contributed by atoms with Gasteiger partial charge >= 0.3 is 6.18 Å². The van der Waals surface area contributed by atoms with Gasteiger partial charge in [0.05, 0.1) is 31.4 Å². The number of benzene rings is 1. The maximum absolute atomic E-state index is 12.8. The summed E-state index contributed by atoms with van der Waals surface area (Å²) >= 11 is 0. The van der Waals surface area contributed by atoms with Gasteiger partial charge in [0.2, 0.25) is 5.91 Å². The fourth-order valence-electron chi connectivity index (χ4n) is 2.76. The van der Waals surface area contributed by atoms with E-state index in [4.69, 9.17) is 10.00 Å². The first-order valence-electron chi connectivity index (χ1n) is 8.75. The van der Waals surface area contributed by atoms with E-state index in [0.29, 0.717) is 26.3 Å². The number of hydrogen-bond acceptors (Lipinski definition) is 5. The molecule has 0 saturated carbocycles. The molecule has 1 aliphatic heterocycles. The van der Waals surface area contributed by atoms with Gasteiger partial charge in [0, 0.05) is 44.8 Å². The third-order valence-electron chi connectivity index (χ3n) is 4.22. The molecule has 1 heterocycles. The molecule has 27 heavy (non-hydrogen) atoms. The van der Waals surface area contributed by atoms with Crippen LogP contribution in [-0.4, -0.2) is 68.2 Å². The van der Waals surface area contributed by atoms with Crippen molar-refractivity contribution in [2.45, 2.75) is 12.6 Å². The molecule has 1 fully saturated rings. The van der Waals surface area contributed by atoms with Gasteiger partial charge in [-0.2, -0.15) is 18.4 Å². The maximum atomic E-state index is 12.8. The zero-order valence-electron chi connectivity index (χ0n) is 15.0. The highest BCUT2D eigenvalue weighted by molar-refractivity contribution is 5.92. The molecule has 0 aliphatic carbocycles. The summed E-state index contributed by atoms with van der Waals surface area (Å²) in [6.07, 6.45) is -4.18. The lowest BCUT2D eigenvalue weighted by Crippen LogP contribution is -2.43. The Balaban J connectivity index is 1.89. The molecule has 1 N–H and O–H groups in total. The molecule has 1 amide bonds. The quantitative estimate of drug-likeness (QED) is 0.744. The summed E-state index contributed by atoms with van der Waals surface area (Å²) in [5.74, 6) is -0.408. The largest absolute Gasteiger partial charge is 0.416 e. The number of ether oxygens (including phenoxy) is 1. The topological polar surface area (TPSA) is 68.6 Å². The van der Waals surface area contributed by atoms with Crippen molar-refractivity contribution in [1.29, 1.82) is 5.26 Å². The number of morpholine rings is 1. The van der Waals surface area contributed by atoms with Crippen LogP contribution in [0, 0.1) is 11.3 Å². The van der Waals surface area contributed by atoms with Gasteiger partial charge in [-0.3, -0.25) is 14.6 Å². The zero-order valence-corrected chi connectivity index (χ0v) is 15.0. The van der Waals surface area contributed by atoms with E-state index in [1.54, 1.807) is 0 Å². The monoisotopic (exact) mass is 384 g/mol. The van der Waals surface area contributed by atoms with Crippen LogP contribution < -0.4 is 5.32 Å². The van der Waals surface area contributed by atoms with Gasteiger partial charge in [-0.15, -0.1) is 0 Å². The minimum Gasteiger partial charge on any atom is -0.379 e. The maximum Gasteiger partial charge on any atom is 0.416 e. The summed E-state index contributed by atoms with van der Waals surface area (Å²) in [5, 5.41) is 11.3. The van der Waals surface area contributed by atoms with E-state index in [1.165, 1.54) is 12.1 Å². The molecule has 0 radical (unpaired) electrons. The van der Waals surface area contributed by atoms with E-state index in [9.17, 15) is 18.0 Å². The molecular weight excluding hydrogens is 361 g/mol. The highest BCUT2D eigenvalue weighted by Crippen LogP contribution is 2.30.